The molecule has 3 amide bonds. The molecule has 4 nitrogen and oxygen atoms in total. The summed E-state index contributed by atoms with van der Waals surface area (Å²) < 4.78 is 0. The number of hydrogen-bond donors (Lipinski definition) is 2. The number of urea groups is 1. The molecule has 0 unspecified atom stereocenters. The van der Waals surface area contributed by atoms with Crippen molar-refractivity contribution in [3.05, 3.63) is 0 Å². The first-order valence-corrected chi connectivity index (χ1v) is 6.80. The lowest BCUT2D eigenvalue weighted by atomic mass is 9.84. The summed E-state index contributed by atoms with van der Waals surface area (Å²) in [5.41, 5.74) is 0. The summed E-state index contributed by atoms with van der Waals surface area (Å²) in [6.07, 6.45) is 5.18. The first-order chi connectivity index (χ1) is 8.10. The van der Waals surface area contributed by atoms with Gasteiger partial charge in [0.05, 0.1) is 0 Å². The second-order valence-corrected chi connectivity index (χ2v) is 5.55. The minimum Gasteiger partial charge on any atom is -0.335 e. The summed E-state index contributed by atoms with van der Waals surface area (Å²) >= 11 is 5.32. The van der Waals surface area contributed by atoms with Gasteiger partial charge < -0.3 is 5.32 Å². The van der Waals surface area contributed by atoms with Gasteiger partial charge in [-0.25, -0.2) is 4.79 Å². The molecule has 96 valence electrons. The fourth-order valence-corrected chi connectivity index (χ4v) is 3.48. The number of carbonyl (C=O) groups is 2. The number of fused-ring (bicyclic) bond motifs is 2. The lowest BCUT2D eigenvalue weighted by Crippen LogP contribution is -2.47. The zero-order chi connectivity index (χ0) is 12.4. The molecule has 5 heteroatoms. The van der Waals surface area contributed by atoms with Crippen LogP contribution in [0.2, 0.25) is 0 Å². The lowest BCUT2D eigenvalue weighted by Gasteiger charge is -2.28. The molecule has 0 aromatic carbocycles. The smallest absolute Gasteiger partial charge is 0.321 e. The molecule has 0 radical (unpaired) electrons. The lowest BCUT2D eigenvalue weighted by molar-refractivity contribution is -0.117. The number of halogens is 1. The van der Waals surface area contributed by atoms with E-state index in [0.717, 1.165) is 11.8 Å². The predicted octanol–water partition coefficient (Wildman–Crippen LogP) is 1.88. The Kier molecular flexibility index (Phi) is 3.92. The van der Waals surface area contributed by atoms with E-state index < -0.39 is 11.9 Å². The minimum absolute atomic E-state index is 0.133. The number of amides is 3. The summed E-state index contributed by atoms with van der Waals surface area (Å²) in [4.78, 5) is 22.4. The normalized spacial score (nSPS) is 32.2. The van der Waals surface area contributed by atoms with Crippen molar-refractivity contribution in [2.45, 2.75) is 38.6 Å². The van der Waals surface area contributed by atoms with Crippen LogP contribution in [0.25, 0.3) is 0 Å². The first-order valence-electron chi connectivity index (χ1n) is 6.26. The number of imide groups is 1. The topological polar surface area (TPSA) is 58.2 Å². The molecular weight excluding hydrogens is 240 g/mol. The van der Waals surface area contributed by atoms with E-state index in [1.54, 1.807) is 0 Å². The SMILES string of the molecule is C[C@H](NC(=O)NC(=O)CCl)[C@H]1C[C@@H]2CC[C@@H]1C2. The zero-order valence-corrected chi connectivity index (χ0v) is 10.8. The van der Waals surface area contributed by atoms with Crippen LogP contribution in [-0.4, -0.2) is 23.9 Å². The van der Waals surface area contributed by atoms with Crippen LogP contribution in [0.5, 0.6) is 0 Å². The van der Waals surface area contributed by atoms with Crippen LogP contribution in [0.1, 0.15) is 32.6 Å². The number of nitrogens with one attached hydrogen (secondary N) is 2. The van der Waals surface area contributed by atoms with Crippen molar-refractivity contribution in [2.75, 3.05) is 5.88 Å². The fraction of sp³-hybridized carbons (Fsp3) is 0.833. The van der Waals surface area contributed by atoms with Gasteiger partial charge in [-0.3, -0.25) is 10.1 Å². The van der Waals surface area contributed by atoms with Gasteiger partial charge in [0.2, 0.25) is 5.91 Å². The molecule has 0 saturated heterocycles. The molecular formula is C12H19ClN2O2. The van der Waals surface area contributed by atoms with Gasteiger partial charge in [-0.1, -0.05) is 6.42 Å². The van der Waals surface area contributed by atoms with E-state index in [9.17, 15) is 9.59 Å². The van der Waals surface area contributed by atoms with Gasteiger partial charge in [-0.05, 0) is 43.9 Å². The maximum Gasteiger partial charge on any atom is 0.321 e. The number of rotatable bonds is 3. The molecule has 0 heterocycles. The molecule has 0 spiro atoms. The molecule has 17 heavy (non-hydrogen) atoms. The molecule has 2 N–H and O–H groups in total. The van der Waals surface area contributed by atoms with Crippen LogP contribution in [0.3, 0.4) is 0 Å². The Bertz CT molecular complexity index is 322. The summed E-state index contributed by atoms with van der Waals surface area (Å²) in [6.45, 7) is 2.02. The largest absolute Gasteiger partial charge is 0.335 e. The quantitative estimate of drug-likeness (QED) is 0.760. The molecule has 2 saturated carbocycles. The summed E-state index contributed by atoms with van der Waals surface area (Å²) in [5, 5.41) is 5.05. The highest BCUT2D eigenvalue weighted by Gasteiger charge is 2.42. The van der Waals surface area contributed by atoms with Crippen LogP contribution in [0.4, 0.5) is 4.79 Å². The van der Waals surface area contributed by atoms with E-state index in [1.165, 1.54) is 25.7 Å². The van der Waals surface area contributed by atoms with Crippen molar-refractivity contribution in [1.82, 2.24) is 10.6 Å². The highest BCUT2D eigenvalue weighted by Crippen LogP contribution is 2.49. The average molecular weight is 259 g/mol. The van der Waals surface area contributed by atoms with Crippen LogP contribution in [-0.2, 0) is 4.79 Å². The van der Waals surface area contributed by atoms with Gasteiger partial charge in [0, 0.05) is 6.04 Å². The summed E-state index contributed by atoms with van der Waals surface area (Å²) in [7, 11) is 0. The zero-order valence-electron chi connectivity index (χ0n) is 10.0. The number of carbonyl (C=O) groups excluding carboxylic acids is 2. The van der Waals surface area contributed by atoms with Gasteiger partial charge >= 0.3 is 6.03 Å². The van der Waals surface area contributed by atoms with Crippen molar-refractivity contribution >= 4 is 23.5 Å². The van der Waals surface area contributed by atoms with E-state index >= 15 is 0 Å². The molecule has 0 aromatic heterocycles. The molecule has 2 fully saturated rings. The van der Waals surface area contributed by atoms with Gasteiger partial charge in [-0.2, -0.15) is 0 Å². The highest BCUT2D eigenvalue weighted by atomic mass is 35.5. The number of hydrogen-bond acceptors (Lipinski definition) is 2. The van der Waals surface area contributed by atoms with Crippen molar-refractivity contribution < 1.29 is 9.59 Å². The molecule has 2 bridgehead atoms. The molecule has 4 atom stereocenters. The Morgan fingerprint density at radius 1 is 1.35 bits per heavy atom. The van der Waals surface area contributed by atoms with E-state index in [1.807, 2.05) is 6.92 Å². The van der Waals surface area contributed by atoms with Gasteiger partial charge in [0.1, 0.15) is 5.88 Å². The third-order valence-electron chi connectivity index (χ3n) is 4.17. The van der Waals surface area contributed by atoms with Crippen LogP contribution >= 0.6 is 11.6 Å². The second-order valence-electron chi connectivity index (χ2n) is 5.28. The standard InChI is InChI=1S/C12H19ClN2O2/c1-7(14-12(17)15-11(16)6-13)10-5-8-2-3-9(10)4-8/h7-10H,2-6H2,1H3,(H2,14,15,16,17)/t7-,8+,9+,10+/m0/s1. The Labute approximate surface area is 106 Å². The van der Waals surface area contributed by atoms with E-state index in [-0.39, 0.29) is 11.9 Å². The summed E-state index contributed by atoms with van der Waals surface area (Å²) in [5.74, 6) is 1.56. The van der Waals surface area contributed by atoms with Crippen molar-refractivity contribution in [3.63, 3.8) is 0 Å². The Morgan fingerprint density at radius 2 is 2.12 bits per heavy atom. The van der Waals surface area contributed by atoms with E-state index in [4.69, 9.17) is 11.6 Å². The third kappa shape index (κ3) is 2.92. The second kappa shape index (κ2) is 5.25. The predicted molar refractivity (Wildman–Crippen MR) is 65.8 cm³/mol. The monoisotopic (exact) mass is 258 g/mol. The molecule has 2 rings (SSSR count). The maximum atomic E-state index is 11.5. The maximum absolute atomic E-state index is 11.5. The third-order valence-corrected chi connectivity index (χ3v) is 4.41. The fourth-order valence-electron chi connectivity index (χ4n) is 3.42. The van der Waals surface area contributed by atoms with E-state index in [0.29, 0.717) is 5.92 Å². The number of alkyl halides is 1. The Balaban J connectivity index is 1.79. The minimum atomic E-state index is -0.454. The highest BCUT2D eigenvalue weighted by molar-refractivity contribution is 6.28. The van der Waals surface area contributed by atoms with Crippen molar-refractivity contribution in [1.29, 1.82) is 0 Å². The molecule has 2 aliphatic carbocycles. The van der Waals surface area contributed by atoms with Gasteiger partial charge in [0.15, 0.2) is 0 Å². The van der Waals surface area contributed by atoms with Gasteiger partial charge in [-0.15, -0.1) is 11.6 Å². The first kappa shape index (κ1) is 12.7. The Morgan fingerprint density at radius 3 is 2.65 bits per heavy atom. The summed E-state index contributed by atoms with van der Waals surface area (Å²) in [6, 6.07) is -0.292. The molecule has 2 aliphatic rings. The average Bonchev–Trinajstić information content (AvgIpc) is 2.90. The van der Waals surface area contributed by atoms with Crippen LogP contribution in [0, 0.1) is 17.8 Å². The van der Waals surface area contributed by atoms with Crippen LogP contribution < -0.4 is 10.6 Å². The van der Waals surface area contributed by atoms with Crippen LogP contribution in [0.15, 0.2) is 0 Å². The van der Waals surface area contributed by atoms with Gasteiger partial charge in [0.25, 0.3) is 0 Å². The molecule has 0 aliphatic heterocycles. The van der Waals surface area contributed by atoms with Crippen molar-refractivity contribution in [2.24, 2.45) is 17.8 Å². The Hall–Kier alpha value is -0.770. The van der Waals surface area contributed by atoms with E-state index in [2.05, 4.69) is 10.6 Å². The molecule has 0 aromatic rings. The van der Waals surface area contributed by atoms with Crippen molar-refractivity contribution in [3.8, 4) is 0 Å².